The number of piperidine rings is 1. The molecule has 0 aliphatic carbocycles. The van der Waals surface area contributed by atoms with Crippen molar-refractivity contribution in [1.29, 1.82) is 0 Å². The van der Waals surface area contributed by atoms with E-state index >= 15 is 0 Å². The first-order valence-electron chi connectivity index (χ1n) is 6.64. The van der Waals surface area contributed by atoms with Gasteiger partial charge in [-0.3, -0.25) is 4.79 Å². The van der Waals surface area contributed by atoms with Gasteiger partial charge >= 0.3 is 0 Å². The highest BCUT2D eigenvalue weighted by atomic mass is 35.5. The molecule has 2 N–H and O–H groups in total. The van der Waals surface area contributed by atoms with Crippen molar-refractivity contribution >= 4 is 18.3 Å². The van der Waals surface area contributed by atoms with Gasteiger partial charge in [-0.05, 0) is 39.3 Å². The standard InChI is InChI=1S/C13H26N2O3.ClH/c1-11(4-9-17-2)15-12(16)13(10-18-3)5-7-14-8-6-13;/h11,14H,4-10H2,1-3H3,(H,15,16);1H. The molecule has 6 heteroatoms. The highest BCUT2D eigenvalue weighted by molar-refractivity contribution is 5.85. The van der Waals surface area contributed by atoms with Gasteiger partial charge < -0.3 is 20.1 Å². The number of halogens is 1. The monoisotopic (exact) mass is 294 g/mol. The molecular weight excluding hydrogens is 268 g/mol. The van der Waals surface area contributed by atoms with Crippen molar-refractivity contribution in [3.05, 3.63) is 0 Å². The summed E-state index contributed by atoms with van der Waals surface area (Å²) in [6.07, 6.45) is 2.51. The Morgan fingerprint density at radius 1 is 1.32 bits per heavy atom. The van der Waals surface area contributed by atoms with Gasteiger partial charge in [-0.1, -0.05) is 0 Å². The zero-order valence-corrected chi connectivity index (χ0v) is 13.0. The first kappa shape index (κ1) is 18.6. The fourth-order valence-electron chi connectivity index (χ4n) is 2.36. The molecule has 1 atom stereocenters. The Morgan fingerprint density at radius 3 is 2.47 bits per heavy atom. The normalized spacial score (nSPS) is 19.3. The molecule has 1 aliphatic rings. The Bertz CT molecular complexity index is 253. The Labute approximate surface area is 122 Å². The van der Waals surface area contributed by atoms with E-state index in [1.54, 1.807) is 14.2 Å². The van der Waals surface area contributed by atoms with Crippen LogP contribution in [0.1, 0.15) is 26.2 Å². The molecule has 0 aromatic rings. The summed E-state index contributed by atoms with van der Waals surface area (Å²) in [4.78, 5) is 12.4. The van der Waals surface area contributed by atoms with Crippen LogP contribution in [0, 0.1) is 5.41 Å². The minimum atomic E-state index is -0.360. The number of hydrogen-bond acceptors (Lipinski definition) is 4. The number of carbonyl (C=O) groups excluding carboxylic acids is 1. The Kier molecular flexibility index (Phi) is 9.35. The highest BCUT2D eigenvalue weighted by Crippen LogP contribution is 2.29. The van der Waals surface area contributed by atoms with Crippen molar-refractivity contribution < 1.29 is 14.3 Å². The van der Waals surface area contributed by atoms with Crippen LogP contribution in [-0.4, -0.2) is 52.5 Å². The Balaban J connectivity index is 0.00000324. The van der Waals surface area contributed by atoms with Crippen LogP contribution in [0.5, 0.6) is 0 Å². The number of rotatable bonds is 7. The maximum absolute atomic E-state index is 12.4. The van der Waals surface area contributed by atoms with Crippen LogP contribution in [0.15, 0.2) is 0 Å². The molecule has 19 heavy (non-hydrogen) atoms. The second kappa shape index (κ2) is 9.53. The first-order valence-corrected chi connectivity index (χ1v) is 6.64. The number of amides is 1. The van der Waals surface area contributed by atoms with Crippen molar-refractivity contribution in [2.24, 2.45) is 5.41 Å². The summed E-state index contributed by atoms with van der Waals surface area (Å²) in [5.74, 6) is 0.120. The average Bonchev–Trinajstić information content (AvgIpc) is 2.37. The van der Waals surface area contributed by atoms with E-state index in [4.69, 9.17) is 9.47 Å². The fourth-order valence-corrected chi connectivity index (χ4v) is 2.36. The minimum absolute atomic E-state index is 0. The maximum atomic E-state index is 12.4. The molecule has 0 aromatic carbocycles. The lowest BCUT2D eigenvalue weighted by molar-refractivity contribution is -0.136. The molecule has 0 spiro atoms. The van der Waals surface area contributed by atoms with Gasteiger partial charge in [-0.15, -0.1) is 12.4 Å². The van der Waals surface area contributed by atoms with Crippen molar-refractivity contribution in [3.8, 4) is 0 Å². The Morgan fingerprint density at radius 2 is 1.95 bits per heavy atom. The topological polar surface area (TPSA) is 59.6 Å². The van der Waals surface area contributed by atoms with E-state index in [0.717, 1.165) is 32.4 Å². The third-order valence-corrected chi connectivity index (χ3v) is 3.60. The quantitative estimate of drug-likeness (QED) is 0.734. The number of carbonyl (C=O) groups is 1. The van der Waals surface area contributed by atoms with Gasteiger partial charge in [-0.2, -0.15) is 0 Å². The van der Waals surface area contributed by atoms with E-state index in [1.165, 1.54) is 0 Å². The summed E-state index contributed by atoms with van der Waals surface area (Å²) in [5, 5.41) is 6.37. The number of methoxy groups -OCH3 is 2. The molecule has 1 fully saturated rings. The third kappa shape index (κ3) is 5.65. The lowest BCUT2D eigenvalue weighted by Crippen LogP contribution is -2.52. The fraction of sp³-hybridized carbons (Fsp3) is 0.923. The van der Waals surface area contributed by atoms with E-state index in [9.17, 15) is 4.79 Å². The summed E-state index contributed by atoms with van der Waals surface area (Å²) in [5.41, 5.74) is -0.360. The van der Waals surface area contributed by atoms with Crippen LogP contribution in [0.3, 0.4) is 0 Å². The zero-order valence-electron chi connectivity index (χ0n) is 12.2. The molecule has 0 radical (unpaired) electrons. The van der Waals surface area contributed by atoms with Gasteiger partial charge in [0.05, 0.1) is 12.0 Å². The number of hydrogen-bond donors (Lipinski definition) is 2. The van der Waals surface area contributed by atoms with Crippen LogP contribution in [0.25, 0.3) is 0 Å². The van der Waals surface area contributed by atoms with Crippen LogP contribution in [-0.2, 0) is 14.3 Å². The van der Waals surface area contributed by atoms with Crippen molar-refractivity contribution in [2.75, 3.05) is 40.5 Å². The summed E-state index contributed by atoms with van der Waals surface area (Å²) < 4.78 is 10.3. The summed E-state index contributed by atoms with van der Waals surface area (Å²) in [7, 11) is 3.33. The number of ether oxygens (including phenoxy) is 2. The van der Waals surface area contributed by atoms with E-state index in [2.05, 4.69) is 10.6 Å². The van der Waals surface area contributed by atoms with Crippen LogP contribution < -0.4 is 10.6 Å². The molecule has 1 saturated heterocycles. The maximum Gasteiger partial charge on any atom is 0.228 e. The lowest BCUT2D eigenvalue weighted by Gasteiger charge is -2.36. The first-order chi connectivity index (χ1) is 8.64. The molecule has 1 unspecified atom stereocenters. The van der Waals surface area contributed by atoms with Gasteiger partial charge in [0.15, 0.2) is 0 Å². The van der Waals surface area contributed by atoms with Crippen LogP contribution in [0.4, 0.5) is 0 Å². The summed E-state index contributed by atoms with van der Waals surface area (Å²) in [6, 6.07) is 0.140. The van der Waals surface area contributed by atoms with Gasteiger partial charge in [0.1, 0.15) is 0 Å². The van der Waals surface area contributed by atoms with E-state index in [1.807, 2.05) is 6.92 Å². The van der Waals surface area contributed by atoms with Crippen LogP contribution >= 0.6 is 12.4 Å². The van der Waals surface area contributed by atoms with Gasteiger partial charge in [0, 0.05) is 26.9 Å². The van der Waals surface area contributed by atoms with Gasteiger partial charge in [0.2, 0.25) is 5.91 Å². The minimum Gasteiger partial charge on any atom is -0.385 e. The highest BCUT2D eigenvalue weighted by Gasteiger charge is 2.39. The SMILES string of the molecule is COCCC(C)NC(=O)C1(COC)CCNCC1.Cl. The predicted octanol–water partition coefficient (Wildman–Crippen LogP) is 0.966. The van der Waals surface area contributed by atoms with Crippen LogP contribution in [0.2, 0.25) is 0 Å². The lowest BCUT2D eigenvalue weighted by atomic mass is 9.78. The molecule has 0 aromatic heterocycles. The van der Waals surface area contributed by atoms with E-state index < -0.39 is 0 Å². The smallest absolute Gasteiger partial charge is 0.228 e. The van der Waals surface area contributed by atoms with Crippen molar-refractivity contribution in [1.82, 2.24) is 10.6 Å². The molecule has 114 valence electrons. The van der Waals surface area contributed by atoms with Crippen molar-refractivity contribution in [2.45, 2.75) is 32.2 Å². The van der Waals surface area contributed by atoms with Gasteiger partial charge in [0.25, 0.3) is 0 Å². The second-order valence-corrected chi connectivity index (χ2v) is 5.12. The largest absolute Gasteiger partial charge is 0.385 e. The van der Waals surface area contributed by atoms with E-state index in [-0.39, 0.29) is 29.8 Å². The third-order valence-electron chi connectivity index (χ3n) is 3.60. The molecule has 1 heterocycles. The molecule has 0 bridgehead atoms. The second-order valence-electron chi connectivity index (χ2n) is 5.12. The molecule has 1 rings (SSSR count). The predicted molar refractivity (Wildman–Crippen MR) is 77.8 cm³/mol. The molecule has 1 amide bonds. The molecule has 0 saturated carbocycles. The number of nitrogens with one attached hydrogen (secondary N) is 2. The zero-order chi connectivity index (χ0) is 13.4. The van der Waals surface area contributed by atoms with E-state index in [0.29, 0.717) is 13.2 Å². The van der Waals surface area contributed by atoms with Crippen molar-refractivity contribution in [3.63, 3.8) is 0 Å². The molecular formula is C13H27ClN2O3. The Hall–Kier alpha value is -0.360. The average molecular weight is 295 g/mol. The van der Waals surface area contributed by atoms with Gasteiger partial charge in [-0.25, -0.2) is 0 Å². The summed E-state index contributed by atoms with van der Waals surface area (Å²) in [6.45, 7) is 4.93. The molecule has 5 nitrogen and oxygen atoms in total. The molecule has 1 aliphatic heterocycles. The summed E-state index contributed by atoms with van der Waals surface area (Å²) >= 11 is 0.